The Bertz CT molecular complexity index is 658. The Hall–Kier alpha value is -1.35. The highest BCUT2D eigenvalue weighted by Gasteiger charge is 2.26. The van der Waals surface area contributed by atoms with Gasteiger partial charge in [-0.3, -0.25) is 4.79 Å². The lowest BCUT2D eigenvalue weighted by Gasteiger charge is -2.35. The summed E-state index contributed by atoms with van der Waals surface area (Å²) >= 11 is 5.89. The predicted octanol–water partition coefficient (Wildman–Crippen LogP) is 0.944. The van der Waals surface area contributed by atoms with Crippen molar-refractivity contribution in [3.63, 3.8) is 0 Å². The molecule has 1 saturated heterocycles. The SMILES string of the molecule is CCOCC(=O)NCCS(=O)(=O)N1CCN(c2ccc(Cl)cc2)CC1. The average molecular weight is 390 g/mol. The van der Waals surface area contributed by atoms with E-state index in [1.165, 1.54) is 4.31 Å². The number of ether oxygens (including phenoxy) is 1. The highest BCUT2D eigenvalue weighted by Crippen LogP contribution is 2.20. The van der Waals surface area contributed by atoms with Crippen molar-refractivity contribution in [2.45, 2.75) is 6.92 Å². The molecule has 1 N–H and O–H groups in total. The molecule has 0 unspecified atom stereocenters. The third kappa shape index (κ3) is 6.14. The summed E-state index contributed by atoms with van der Waals surface area (Å²) in [6.45, 7) is 4.39. The Morgan fingerprint density at radius 1 is 1.20 bits per heavy atom. The van der Waals surface area contributed by atoms with Gasteiger partial charge >= 0.3 is 0 Å². The van der Waals surface area contributed by atoms with Crippen molar-refractivity contribution in [1.82, 2.24) is 9.62 Å². The first-order chi connectivity index (χ1) is 11.9. The Labute approximate surface area is 153 Å². The number of amides is 1. The zero-order chi connectivity index (χ0) is 18.3. The lowest BCUT2D eigenvalue weighted by atomic mass is 10.2. The summed E-state index contributed by atoms with van der Waals surface area (Å²) in [5, 5.41) is 3.24. The van der Waals surface area contributed by atoms with Crippen LogP contribution in [0.1, 0.15) is 6.92 Å². The van der Waals surface area contributed by atoms with Crippen molar-refractivity contribution in [1.29, 1.82) is 0 Å². The first-order valence-electron chi connectivity index (χ1n) is 8.25. The van der Waals surface area contributed by atoms with E-state index >= 15 is 0 Å². The maximum absolute atomic E-state index is 12.4. The molecule has 1 aliphatic heterocycles. The number of hydrogen-bond donors (Lipinski definition) is 1. The Morgan fingerprint density at radius 2 is 1.84 bits per heavy atom. The largest absolute Gasteiger partial charge is 0.372 e. The van der Waals surface area contributed by atoms with E-state index in [4.69, 9.17) is 16.3 Å². The molecule has 1 amide bonds. The maximum atomic E-state index is 12.4. The van der Waals surface area contributed by atoms with E-state index in [2.05, 4.69) is 10.2 Å². The van der Waals surface area contributed by atoms with Crippen LogP contribution in [0.3, 0.4) is 0 Å². The van der Waals surface area contributed by atoms with E-state index in [9.17, 15) is 13.2 Å². The number of rotatable bonds is 8. The molecule has 25 heavy (non-hydrogen) atoms. The molecular weight excluding hydrogens is 366 g/mol. The smallest absolute Gasteiger partial charge is 0.246 e. The van der Waals surface area contributed by atoms with Crippen LogP contribution in [0.25, 0.3) is 0 Å². The van der Waals surface area contributed by atoms with Gasteiger partial charge < -0.3 is 15.0 Å². The monoisotopic (exact) mass is 389 g/mol. The molecule has 0 atom stereocenters. The van der Waals surface area contributed by atoms with E-state index in [0.717, 1.165) is 5.69 Å². The van der Waals surface area contributed by atoms with E-state index in [0.29, 0.717) is 37.8 Å². The molecule has 2 rings (SSSR count). The molecule has 1 fully saturated rings. The minimum Gasteiger partial charge on any atom is -0.372 e. The van der Waals surface area contributed by atoms with Crippen LogP contribution in [-0.2, 0) is 19.6 Å². The fraction of sp³-hybridized carbons (Fsp3) is 0.562. The van der Waals surface area contributed by atoms with Crippen LogP contribution in [0, 0.1) is 0 Å². The van der Waals surface area contributed by atoms with E-state index < -0.39 is 10.0 Å². The number of carbonyl (C=O) groups is 1. The zero-order valence-corrected chi connectivity index (χ0v) is 15.9. The van der Waals surface area contributed by atoms with Gasteiger partial charge in [0.25, 0.3) is 0 Å². The number of carbonyl (C=O) groups excluding carboxylic acids is 1. The van der Waals surface area contributed by atoms with Gasteiger partial charge in [0.2, 0.25) is 15.9 Å². The maximum Gasteiger partial charge on any atom is 0.246 e. The quantitative estimate of drug-likeness (QED) is 0.716. The minimum atomic E-state index is -3.38. The fourth-order valence-corrected chi connectivity index (χ4v) is 4.03. The van der Waals surface area contributed by atoms with Gasteiger partial charge in [0, 0.05) is 50.0 Å². The third-order valence-corrected chi connectivity index (χ3v) is 6.07. The predicted molar refractivity (Wildman–Crippen MR) is 98.5 cm³/mol. The molecule has 0 aliphatic carbocycles. The molecular formula is C16H24ClN3O4S. The van der Waals surface area contributed by atoms with Crippen molar-refractivity contribution in [2.24, 2.45) is 0 Å². The molecule has 0 aromatic heterocycles. The summed E-state index contributed by atoms with van der Waals surface area (Å²) < 4.78 is 31.2. The summed E-state index contributed by atoms with van der Waals surface area (Å²) in [5.74, 6) is -0.407. The normalized spacial score (nSPS) is 16.0. The van der Waals surface area contributed by atoms with Crippen LogP contribution >= 0.6 is 11.6 Å². The Kier molecular flexibility index (Phi) is 7.49. The van der Waals surface area contributed by atoms with Gasteiger partial charge in [-0.1, -0.05) is 11.6 Å². The van der Waals surface area contributed by atoms with Crippen LogP contribution < -0.4 is 10.2 Å². The highest BCUT2D eigenvalue weighted by molar-refractivity contribution is 7.89. The first kappa shape index (κ1) is 20.0. The second-order valence-corrected chi connectivity index (χ2v) is 8.19. The number of halogens is 1. The highest BCUT2D eigenvalue weighted by atomic mass is 35.5. The number of anilines is 1. The van der Waals surface area contributed by atoms with Gasteiger partial charge in [-0.15, -0.1) is 0 Å². The van der Waals surface area contributed by atoms with Crippen molar-refractivity contribution < 1.29 is 17.9 Å². The van der Waals surface area contributed by atoms with Crippen molar-refractivity contribution in [3.05, 3.63) is 29.3 Å². The molecule has 9 heteroatoms. The van der Waals surface area contributed by atoms with Crippen LogP contribution in [0.4, 0.5) is 5.69 Å². The summed E-state index contributed by atoms with van der Waals surface area (Å²) in [5.41, 5.74) is 1.03. The van der Waals surface area contributed by atoms with E-state index in [1.807, 2.05) is 24.3 Å². The van der Waals surface area contributed by atoms with Crippen LogP contribution in [-0.4, -0.2) is 70.3 Å². The van der Waals surface area contributed by atoms with Gasteiger partial charge in [0.05, 0.1) is 5.75 Å². The van der Waals surface area contributed by atoms with Crippen LogP contribution in [0.15, 0.2) is 24.3 Å². The lowest BCUT2D eigenvalue weighted by molar-refractivity contribution is -0.125. The molecule has 0 saturated carbocycles. The molecule has 1 aromatic rings. The first-order valence-corrected chi connectivity index (χ1v) is 10.2. The van der Waals surface area contributed by atoms with Gasteiger partial charge in [0.1, 0.15) is 6.61 Å². The van der Waals surface area contributed by atoms with Crippen molar-refractivity contribution in [2.75, 3.05) is 56.6 Å². The molecule has 1 aromatic carbocycles. The second-order valence-electron chi connectivity index (χ2n) is 5.67. The number of hydrogen-bond acceptors (Lipinski definition) is 5. The Morgan fingerprint density at radius 3 is 2.44 bits per heavy atom. The fourth-order valence-electron chi connectivity index (χ4n) is 2.57. The van der Waals surface area contributed by atoms with Crippen molar-refractivity contribution >= 4 is 33.2 Å². The number of benzene rings is 1. The molecule has 1 heterocycles. The molecule has 0 spiro atoms. The van der Waals surface area contributed by atoms with Crippen LogP contribution in [0.5, 0.6) is 0 Å². The van der Waals surface area contributed by atoms with Crippen molar-refractivity contribution in [3.8, 4) is 0 Å². The molecule has 0 radical (unpaired) electrons. The van der Waals surface area contributed by atoms with Gasteiger partial charge in [-0.25, -0.2) is 8.42 Å². The summed E-state index contributed by atoms with van der Waals surface area (Å²) in [6, 6.07) is 7.51. The Balaban J connectivity index is 1.78. The topological polar surface area (TPSA) is 78.9 Å². The summed E-state index contributed by atoms with van der Waals surface area (Å²) in [6.07, 6.45) is 0. The number of nitrogens with zero attached hydrogens (tertiary/aromatic N) is 2. The van der Waals surface area contributed by atoms with Crippen LogP contribution in [0.2, 0.25) is 5.02 Å². The average Bonchev–Trinajstić information content (AvgIpc) is 2.60. The number of nitrogens with one attached hydrogen (secondary N) is 1. The van der Waals surface area contributed by atoms with Gasteiger partial charge in [-0.05, 0) is 31.2 Å². The number of sulfonamides is 1. The molecule has 7 nitrogen and oxygen atoms in total. The molecule has 140 valence electrons. The van der Waals surface area contributed by atoms with Gasteiger partial charge in [-0.2, -0.15) is 4.31 Å². The lowest BCUT2D eigenvalue weighted by Crippen LogP contribution is -2.50. The third-order valence-electron chi connectivity index (χ3n) is 3.94. The summed E-state index contributed by atoms with van der Waals surface area (Å²) in [4.78, 5) is 13.6. The second kappa shape index (κ2) is 9.38. The minimum absolute atomic E-state index is 0.0453. The zero-order valence-electron chi connectivity index (χ0n) is 14.3. The summed E-state index contributed by atoms with van der Waals surface area (Å²) in [7, 11) is -3.38. The van der Waals surface area contributed by atoms with E-state index in [1.54, 1.807) is 6.92 Å². The van der Waals surface area contributed by atoms with Gasteiger partial charge in [0.15, 0.2) is 0 Å². The standard InChI is InChI=1S/C16H24ClN3O4S/c1-2-24-13-16(21)18-7-12-25(22,23)20-10-8-19(9-11-20)15-5-3-14(17)4-6-15/h3-6H,2,7-13H2,1H3,(H,18,21). The van der Waals surface area contributed by atoms with E-state index in [-0.39, 0.29) is 24.8 Å². The number of piperazine rings is 1. The molecule has 1 aliphatic rings. The molecule has 0 bridgehead atoms.